The van der Waals surface area contributed by atoms with Crippen molar-refractivity contribution in [2.45, 2.75) is 58.5 Å². The summed E-state index contributed by atoms with van der Waals surface area (Å²) in [6.07, 6.45) is 10.8. The minimum absolute atomic E-state index is 0.0336. The number of carbonyl (C=O) groups excluding carboxylic acids is 1. The molecular formula is C37H45FN8O2. The van der Waals surface area contributed by atoms with Crippen molar-refractivity contribution >= 4 is 38.6 Å². The number of nitrogens with zero attached hydrogens (tertiary/aromatic N) is 7. The van der Waals surface area contributed by atoms with Crippen molar-refractivity contribution in [3.05, 3.63) is 59.2 Å². The Morgan fingerprint density at radius 1 is 1.04 bits per heavy atom. The maximum atomic E-state index is 17.2. The first-order valence-corrected chi connectivity index (χ1v) is 17.0. The summed E-state index contributed by atoms with van der Waals surface area (Å²) in [5.74, 6) is 0.0701. The zero-order chi connectivity index (χ0) is 33.7. The summed E-state index contributed by atoms with van der Waals surface area (Å²) in [6.45, 7) is 9.53. The van der Waals surface area contributed by atoms with Crippen molar-refractivity contribution in [3.63, 3.8) is 0 Å². The Morgan fingerprint density at radius 3 is 2.56 bits per heavy atom. The van der Waals surface area contributed by atoms with E-state index in [9.17, 15) is 4.79 Å². The number of aromatic amines is 1. The third-order valence-corrected chi connectivity index (χ3v) is 10.4. The highest BCUT2D eigenvalue weighted by Gasteiger charge is 2.29. The maximum Gasteiger partial charge on any atom is 0.246 e. The van der Waals surface area contributed by atoms with Crippen LogP contribution in [0.25, 0.3) is 43.8 Å². The predicted molar refractivity (Wildman–Crippen MR) is 188 cm³/mol. The van der Waals surface area contributed by atoms with Crippen molar-refractivity contribution < 1.29 is 13.9 Å². The quantitative estimate of drug-likeness (QED) is 0.207. The highest BCUT2D eigenvalue weighted by Crippen LogP contribution is 2.42. The molecule has 1 N–H and O–H groups in total. The molecule has 2 aliphatic rings. The topological polar surface area (TPSA) is 95.4 Å². The van der Waals surface area contributed by atoms with Gasteiger partial charge in [-0.15, -0.1) is 0 Å². The number of carbonyl (C=O) groups is 1. The number of nitrogens with one attached hydrogen (secondary N) is 1. The van der Waals surface area contributed by atoms with E-state index in [1.54, 1.807) is 12.3 Å². The van der Waals surface area contributed by atoms with Crippen LogP contribution in [0.5, 0.6) is 5.88 Å². The van der Waals surface area contributed by atoms with Crippen LogP contribution < -0.4 is 4.74 Å². The van der Waals surface area contributed by atoms with Gasteiger partial charge in [0.15, 0.2) is 5.82 Å². The van der Waals surface area contributed by atoms with Crippen LogP contribution in [0.15, 0.2) is 36.7 Å². The van der Waals surface area contributed by atoms with Crippen molar-refractivity contribution in [2.24, 2.45) is 0 Å². The summed E-state index contributed by atoms with van der Waals surface area (Å²) in [5, 5.41) is 14.6. The molecule has 7 rings (SSSR count). The van der Waals surface area contributed by atoms with E-state index in [2.05, 4.69) is 34.3 Å². The number of benzene rings is 2. The Labute approximate surface area is 280 Å². The number of likely N-dealkylation sites (tertiary alicyclic amines) is 2. The van der Waals surface area contributed by atoms with E-state index in [-0.39, 0.29) is 29.3 Å². The number of rotatable bonds is 8. The molecule has 5 aromatic rings. The first-order valence-electron chi connectivity index (χ1n) is 17.0. The van der Waals surface area contributed by atoms with Gasteiger partial charge in [0.25, 0.3) is 0 Å². The van der Waals surface area contributed by atoms with Gasteiger partial charge < -0.3 is 19.4 Å². The number of H-pyrrole nitrogens is 1. The molecule has 0 spiro atoms. The molecule has 1 amide bonds. The second-order valence-electron chi connectivity index (χ2n) is 13.9. The molecule has 2 saturated heterocycles. The van der Waals surface area contributed by atoms with E-state index in [1.165, 1.54) is 0 Å². The van der Waals surface area contributed by atoms with Gasteiger partial charge in [-0.05, 0) is 109 Å². The standard InChI is InChI=1S/C37H45FN8O2/c1-22-18-30-28(19-39-42-30)33(24(22)3)32-23(2)17-27-35(34(32)38)41-37(48-21-26-9-7-14-44(26)6)29-20-40-46(36(27)29)25-11-15-45(16-12-25)31(47)10-8-13-43(4)5/h8,10,17-20,25-26H,7,9,11-16,21H2,1-6H3,(H,39,42)/b10-8+. The smallest absolute Gasteiger partial charge is 0.246 e. The first-order chi connectivity index (χ1) is 23.1. The predicted octanol–water partition coefficient (Wildman–Crippen LogP) is 5.95. The number of ether oxygens (including phenoxy) is 1. The molecule has 2 fully saturated rings. The van der Waals surface area contributed by atoms with Gasteiger partial charge in [-0.1, -0.05) is 6.08 Å². The third kappa shape index (κ3) is 5.72. The number of hydrogen-bond donors (Lipinski definition) is 1. The highest BCUT2D eigenvalue weighted by molar-refractivity contribution is 6.09. The molecule has 3 aromatic heterocycles. The second-order valence-corrected chi connectivity index (χ2v) is 13.9. The minimum atomic E-state index is -0.372. The largest absolute Gasteiger partial charge is 0.475 e. The third-order valence-electron chi connectivity index (χ3n) is 10.4. The number of aryl methyl sites for hydroxylation is 2. The fraction of sp³-hybridized carbons (Fsp3) is 0.459. The molecule has 252 valence electrons. The molecule has 2 aliphatic heterocycles. The number of piperidine rings is 1. The summed E-state index contributed by atoms with van der Waals surface area (Å²) >= 11 is 0. The number of amides is 1. The summed E-state index contributed by atoms with van der Waals surface area (Å²) in [5.41, 5.74) is 6.22. The van der Waals surface area contributed by atoms with E-state index >= 15 is 4.39 Å². The Balaban J connectivity index is 1.32. The van der Waals surface area contributed by atoms with Crippen LogP contribution in [-0.4, -0.2) is 106 Å². The maximum absolute atomic E-state index is 17.2. The lowest BCUT2D eigenvalue weighted by atomic mass is 9.89. The molecule has 1 unspecified atom stereocenters. The van der Waals surface area contributed by atoms with Gasteiger partial charge in [-0.2, -0.15) is 10.2 Å². The molecule has 11 heteroatoms. The van der Waals surface area contributed by atoms with Crippen molar-refractivity contribution in [1.29, 1.82) is 0 Å². The van der Waals surface area contributed by atoms with Crippen LogP contribution in [0, 0.1) is 26.6 Å². The van der Waals surface area contributed by atoms with Gasteiger partial charge in [0.05, 0.1) is 34.9 Å². The van der Waals surface area contributed by atoms with E-state index < -0.39 is 0 Å². The van der Waals surface area contributed by atoms with Crippen LogP contribution >= 0.6 is 0 Å². The number of hydrogen-bond acceptors (Lipinski definition) is 7. The zero-order valence-corrected chi connectivity index (χ0v) is 28.8. The van der Waals surface area contributed by atoms with Gasteiger partial charge in [0, 0.05) is 48.1 Å². The Hall–Kier alpha value is -4.35. The molecule has 10 nitrogen and oxygen atoms in total. The molecule has 1 atom stereocenters. The monoisotopic (exact) mass is 652 g/mol. The molecule has 0 radical (unpaired) electrons. The van der Waals surface area contributed by atoms with Crippen LogP contribution in [0.4, 0.5) is 4.39 Å². The number of pyridine rings is 1. The van der Waals surface area contributed by atoms with Crippen LogP contribution in [-0.2, 0) is 4.79 Å². The van der Waals surface area contributed by atoms with Crippen molar-refractivity contribution in [3.8, 4) is 17.0 Å². The molecule has 0 aliphatic carbocycles. The molecule has 0 bridgehead atoms. The lowest BCUT2D eigenvalue weighted by molar-refractivity contribution is -0.127. The lowest BCUT2D eigenvalue weighted by Crippen LogP contribution is -2.38. The Bertz CT molecular complexity index is 2040. The van der Waals surface area contributed by atoms with Crippen molar-refractivity contribution in [2.75, 3.05) is 53.9 Å². The Morgan fingerprint density at radius 2 is 1.83 bits per heavy atom. The molecule has 0 saturated carbocycles. The van der Waals surface area contributed by atoms with Crippen LogP contribution in [0.2, 0.25) is 0 Å². The van der Waals surface area contributed by atoms with Gasteiger partial charge in [-0.25, -0.2) is 9.37 Å². The summed E-state index contributed by atoms with van der Waals surface area (Å²) in [7, 11) is 6.08. The normalized spacial score (nSPS) is 18.1. The zero-order valence-electron chi connectivity index (χ0n) is 28.8. The lowest BCUT2D eigenvalue weighted by Gasteiger charge is -2.32. The Kier molecular flexibility index (Phi) is 8.68. The number of fused-ring (bicyclic) bond motifs is 4. The van der Waals surface area contributed by atoms with Gasteiger partial charge in [0.1, 0.15) is 12.1 Å². The van der Waals surface area contributed by atoms with Crippen LogP contribution in [0.3, 0.4) is 0 Å². The molecule has 2 aromatic carbocycles. The summed E-state index contributed by atoms with van der Waals surface area (Å²) in [4.78, 5) is 24.0. The van der Waals surface area contributed by atoms with Crippen molar-refractivity contribution in [1.82, 2.24) is 39.7 Å². The fourth-order valence-corrected chi connectivity index (χ4v) is 7.52. The summed E-state index contributed by atoms with van der Waals surface area (Å²) in [6, 6.07) is 4.44. The average molecular weight is 653 g/mol. The van der Waals surface area contributed by atoms with E-state index in [0.29, 0.717) is 36.5 Å². The van der Waals surface area contributed by atoms with E-state index in [1.807, 2.05) is 61.6 Å². The van der Waals surface area contributed by atoms with Crippen LogP contribution in [0.1, 0.15) is 48.4 Å². The second kappa shape index (κ2) is 12.9. The fourth-order valence-electron chi connectivity index (χ4n) is 7.52. The van der Waals surface area contributed by atoms with Gasteiger partial charge in [0.2, 0.25) is 11.8 Å². The average Bonchev–Trinajstić information content (AvgIpc) is 3.82. The molecule has 48 heavy (non-hydrogen) atoms. The minimum Gasteiger partial charge on any atom is -0.475 e. The molecule has 5 heterocycles. The van der Waals surface area contributed by atoms with Gasteiger partial charge in [-0.3, -0.25) is 14.6 Å². The van der Waals surface area contributed by atoms with E-state index in [4.69, 9.17) is 14.8 Å². The summed E-state index contributed by atoms with van der Waals surface area (Å²) < 4.78 is 25.7. The highest BCUT2D eigenvalue weighted by atomic mass is 19.1. The SMILES string of the molecule is Cc1cc2[nH]ncc2c(-c2c(C)cc3c(nc(OCC4CCCN4C)c4cnn(C5CCN(C(=O)/C=C/CN(C)C)CC5)c43)c2F)c1C. The number of halogens is 1. The van der Waals surface area contributed by atoms with E-state index in [0.717, 1.165) is 82.8 Å². The van der Waals surface area contributed by atoms with Gasteiger partial charge >= 0.3 is 0 Å². The number of aromatic nitrogens is 5. The molecular weight excluding hydrogens is 607 g/mol. The first kappa shape index (κ1) is 32.2. The number of likely N-dealkylation sites (N-methyl/N-ethyl adjacent to an activating group) is 2.